The number of benzene rings is 1. The van der Waals surface area contributed by atoms with E-state index in [-0.39, 0.29) is 5.91 Å². The SMILES string of the molecule is Cn1cccc1CN(C(=O)c1ccc2c(c1)nc(Cl)n2C)C1CCCCC1. The summed E-state index contributed by atoms with van der Waals surface area (Å²) in [7, 11) is 3.91. The van der Waals surface area contributed by atoms with E-state index in [1.807, 2.05) is 49.1 Å². The highest BCUT2D eigenvalue weighted by Gasteiger charge is 2.27. The largest absolute Gasteiger partial charge is 0.353 e. The number of carbonyl (C=O) groups excluding carboxylic acids is 1. The Morgan fingerprint density at radius 2 is 2.00 bits per heavy atom. The molecule has 0 spiro atoms. The van der Waals surface area contributed by atoms with Gasteiger partial charge in [0.2, 0.25) is 5.28 Å². The van der Waals surface area contributed by atoms with Crippen LogP contribution in [-0.2, 0) is 20.6 Å². The normalized spacial score (nSPS) is 15.4. The van der Waals surface area contributed by atoms with Crippen molar-refractivity contribution in [1.29, 1.82) is 0 Å². The van der Waals surface area contributed by atoms with Gasteiger partial charge >= 0.3 is 0 Å². The second-order valence-corrected chi connectivity index (χ2v) is 7.82. The summed E-state index contributed by atoms with van der Waals surface area (Å²) in [6.45, 7) is 0.633. The van der Waals surface area contributed by atoms with Crippen molar-refractivity contribution in [3.05, 3.63) is 53.1 Å². The van der Waals surface area contributed by atoms with Crippen LogP contribution in [0.5, 0.6) is 0 Å². The molecule has 1 saturated carbocycles. The number of aryl methyl sites for hydroxylation is 2. The van der Waals surface area contributed by atoms with Crippen LogP contribution in [0.25, 0.3) is 11.0 Å². The Labute approximate surface area is 164 Å². The second-order valence-electron chi connectivity index (χ2n) is 7.48. The van der Waals surface area contributed by atoms with Crippen LogP contribution in [0.3, 0.4) is 0 Å². The second kappa shape index (κ2) is 7.39. The van der Waals surface area contributed by atoms with Gasteiger partial charge in [-0.05, 0) is 54.8 Å². The van der Waals surface area contributed by atoms with E-state index in [1.165, 1.54) is 19.3 Å². The van der Waals surface area contributed by atoms with Crippen LogP contribution in [-0.4, -0.2) is 31.0 Å². The van der Waals surface area contributed by atoms with Gasteiger partial charge in [-0.1, -0.05) is 19.3 Å². The smallest absolute Gasteiger partial charge is 0.254 e. The zero-order valence-corrected chi connectivity index (χ0v) is 16.6. The number of nitrogens with zero attached hydrogens (tertiary/aromatic N) is 4. The first kappa shape index (κ1) is 18.1. The molecule has 1 fully saturated rings. The molecule has 1 aromatic carbocycles. The molecule has 6 heteroatoms. The van der Waals surface area contributed by atoms with E-state index < -0.39 is 0 Å². The minimum atomic E-state index is 0.0757. The van der Waals surface area contributed by atoms with E-state index in [2.05, 4.69) is 20.5 Å². The van der Waals surface area contributed by atoms with Gasteiger partial charge in [-0.3, -0.25) is 4.79 Å². The Balaban J connectivity index is 1.67. The number of carbonyl (C=O) groups is 1. The van der Waals surface area contributed by atoms with Gasteiger partial charge in [0, 0.05) is 37.6 Å². The summed E-state index contributed by atoms with van der Waals surface area (Å²) in [6.07, 6.45) is 7.83. The lowest BCUT2D eigenvalue weighted by molar-refractivity contribution is 0.0609. The monoisotopic (exact) mass is 384 g/mol. The van der Waals surface area contributed by atoms with Crippen molar-refractivity contribution in [3.8, 4) is 0 Å². The van der Waals surface area contributed by atoms with E-state index in [0.717, 1.165) is 29.6 Å². The van der Waals surface area contributed by atoms with E-state index in [1.54, 1.807) is 0 Å². The lowest BCUT2D eigenvalue weighted by Crippen LogP contribution is -2.41. The summed E-state index contributed by atoms with van der Waals surface area (Å²) in [5, 5.41) is 0.433. The van der Waals surface area contributed by atoms with Crippen LogP contribution < -0.4 is 0 Å². The van der Waals surface area contributed by atoms with Gasteiger partial charge in [0.1, 0.15) is 0 Å². The average molecular weight is 385 g/mol. The molecule has 2 aromatic heterocycles. The van der Waals surface area contributed by atoms with Crippen LogP contribution in [0.4, 0.5) is 0 Å². The first-order chi connectivity index (χ1) is 13.0. The van der Waals surface area contributed by atoms with Crippen molar-refractivity contribution < 1.29 is 4.79 Å². The standard InChI is InChI=1S/C21H25ClN4O/c1-24-12-6-9-17(24)14-26(16-7-4-3-5-8-16)20(27)15-10-11-19-18(13-15)23-21(22)25(19)2/h6,9-13,16H,3-5,7-8,14H2,1-2H3. The van der Waals surface area contributed by atoms with Crippen LogP contribution in [0, 0.1) is 0 Å². The summed E-state index contributed by atoms with van der Waals surface area (Å²) in [4.78, 5) is 19.9. The minimum absolute atomic E-state index is 0.0757. The van der Waals surface area contributed by atoms with Gasteiger partial charge in [-0.2, -0.15) is 0 Å². The van der Waals surface area contributed by atoms with Crippen molar-refractivity contribution in [1.82, 2.24) is 19.0 Å². The van der Waals surface area contributed by atoms with E-state index >= 15 is 0 Å². The predicted molar refractivity (Wildman–Crippen MR) is 108 cm³/mol. The molecule has 0 bridgehead atoms. The number of fused-ring (bicyclic) bond motifs is 1. The fourth-order valence-electron chi connectivity index (χ4n) is 4.06. The average Bonchev–Trinajstić information content (AvgIpc) is 3.22. The third-order valence-corrected chi connectivity index (χ3v) is 6.07. The van der Waals surface area contributed by atoms with Crippen molar-refractivity contribution in [2.75, 3.05) is 0 Å². The van der Waals surface area contributed by atoms with E-state index in [0.29, 0.717) is 23.4 Å². The van der Waals surface area contributed by atoms with E-state index in [9.17, 15) is 4.79 Å². The number of hydrogen-bond acceptors (Lipinski definition) is 2. The lowest BCUT2D eigenvalue weighted by Gasteiger charge is -2.34. The molecular formula is C21H25ClN4O. The molecule has 1 aliphatic carbocycles. The first-order valence-corrected chi connectivity index (χ1v) is 9.95. The number of halogens is 1. The fourth-order valence-corrected chi connectivity index (χ4v) is 4.25. The van der Waals surface area contributed by atoms with Crippen LogP contribution in [0.1, 0.15) is 48.2 Å². The van der Waals surface area contributed by atoms with Crippen LogP contribution in [0.2, 0.25) is 5.28 Å². The highest BCUT2D eigenvalue weighted by Crippen LogP contribution is 2.27. The Hall–Kier alpha value is -2.27. The molecule has 1 amide bonds. The molecule has 2 heterocycles. The molecular weight excluding hydrogens is 360 g/mol. The first-order valence-electron chi connectivity index (χ1n) is 9.58. The molecule has 0 atom stereocenters. The Bertz CT molecular complexity index is 968. The molecule has 1 aliphatic rings. The van der Waals surface area contributed by atoms with Gasteiger partial charge in [-0.15, -0.1) is 0 Å². The molecule has 4 rings (SSSR count). The number of rotatable bonds is 4. The number of imidazole rings is 1. The number of aromatic nitrogens is 3. The van der Waals surface area contributed by atoms with Crippen LogP contribution >= 0.6 is 11.6 Å². The summed E-state index contributed by atoms with van der Waals surface area (Å²) in [6, 6.07) is 10.1. The molecule has 0 N–H and O–H groups in total. The maximum Gasteiger partial charge on any atom is 0.254 e. The van der Waals surface area contributed by atoms with Gasteiger partial charge in [0.25, 0.3) is 5.91 Å². The number of amides is 1. The topological polar surface area (TPSA) is 43.1 Å². The quantitative estimate of drug-likeness (QED) is 0.662. The van der Waals surface area contributed by atoms with Gasteiger partial charge in [-0.25, -0.2) is 4.98 Å². The maximum atomic E-state index is 13.5. The third kappa shape index (κ3) is 3.48. The molecule has 0 unspecified atom stereocenters. The summed E-state index contributed by atoms with van der Waals surface area (Å²) in [5.41, 5.74) is 3.52. The molecule has 0 aliphatic heterocycles. The van der Waals surface area contributed by atoms with E-state index in [4.69, 9.17) is 11.6 Å². The Morgan fingerprint density at radius 3 is 2.70 bits per heavy atom. The zero-order chi connectivity index (χ0) is 19.0. The van der Waals surface area contributed by atoms with Gasteiger partial charge < -0.3 is 14.0 Å². The van der Waals surface area contributed by atoms with Crippen molar-refractivity contribution in [2.45, 2.75) is 44.7 Å². The molecule has 27 heavy (non-hydrogen) atoms. The Kier molecular flexibility index (Phi) is 4.96. The molecule has 0 radical (unpaired) electrons. The molecule has 142 valence electrons. The maximum absolute atomic E-state index is 13.5. The van der Waals surface area contributed by atoms with Crippen molar-refractivity contribution in [2.24, 2.45) is 14.1 Å². The molecule has 3 aromatic rings. The van der Waals surface area contributed by atoms with Crippen LogP contribution in [0.15, 0.2) is 36.5 Å². The molecule has 0 saturated heterocycles. The summed E-state index contributed by atoms with van der Waals surface area (Å²) in [5.74, 6) is 0.0757. The fraction of sp³-hybridized carbons (Fsp3) is 0.429. The highest BCUT2D eigenvalue weighted by molar-refractivity contribution is 6.29. The van der Waals surface area contributed by atoms with Gasteiger partial charge in [0.15, 0.2) is 0 Å². The molecule has 5 nitrogen and oxygen atoms in total. The Morgan fingerprint density at radius 1 is 1.22 bits per heavy atom. The van der Waals surface area contributed by atoms with Crippen molar-refractivity contribution in [3.63, 3.8) is 0 Å². The highest BCUT2D eigenvalue weighted by atomic mass is 35.5. The predicted octanol–water partition coefficient (Wildman–Crippen LogP) is 4.54. The summed E-state index contributed by atoms with van der Waals surface area (Å²) < 4.78 is 3.92. The number of hydrogen-bond donors (Lipinski definition) is 0. The van der Waals surface area contributed by atoms with Gasteiger partial charge in [0.05, 0.1) is 17.6 Å². The zero-order valence-electron chi connectivity index (χ0n) is 15.9. The van der Waals surface area contributed by atoms with Crippen molar-refractivity contribution >= 4 is 28.5 Å². The lowest BCUT2D eigenvalue weighted by atomic mass is 9.93. The summed E-state index contributed by atoms with van der Waals surface area (Å²) >= 11 is 6.13. The third-order valence-electron chi connectivity index (χ3n) is 5.73. The minimum Gasteiger partial charge on any atom is -0.353 e.